The number of halogens is 1. The Labute approximate surface area is 107 Å². The average Bonchev–Trinajstić information content (AvgIpc) is 2.62. The molecular formula is C14H19FN2O. The molecule has 0 aliphatic heterocycles. The van der Waals surface area contributed by atoms with Gasteiger partial charge in [0.1, 0.15) is 5.82 Å². The summed E-state index contributed by atoms with van der Waals surface area (Å²) >= 11 is 0. The van der Waals surface area contributed by atoms with Crippen molar-refractivity contribution in [2.75, 3.05) is 5.32 Å². The van der Waals surface area contributed by atoms with Crippen LogP contribution in [0.4, 0.5) is 10.1 Å². The van der Waals surface area contributed by atoms with Gasteiger partial charge in [-0.05, 0) is 43.5 Å². The van der Waals surface area contributed by atoms with Crippen molar-refractivity contribution < 1.29 is 9.18 Å². The van der Waals surface area contributed by atoms with Crippen LogP contribution >= 0.6 is 0 Å². The van der Waals surface area contributed by atoms with Crippen molar-refractivity contribution >= 4 is 11.6 Å². The number of amides is 1. The first-order valence-electron chi connectivity index (χ1n) is 6.33. The minimum absolute atomic E-state index is 0.135. The number of carbonyl (C=O) groups is 1. The molecule has 0 unspecified atom stereocenters. The molecule has 2 rings (SSSR count). The van der Waals surface area contributed by atoms with Crippen LogP contribution in [-0.4, -0.2) is 11.4 Å². The van der Waals surface area contributed by atoms with Gasteiger partial charge in [-0.2, -0.15) is 0 Å². The number of hydrogen-bond acceptors (Lipinski definition) is 2. The molecule has 98 valence electrons. The molecule has 1 fully saturated rings. The number of rotatable bonds is 3. The Bertz CT molecular complexity index is 433. The summed E-state index contributed by atoms with van der Waals surface area (Å²) in [5, 5.41) is 2.72. The molecule has 1 aliphatic rings. The number of benzene rings is 1. The fourth-order valence-corrected chi connectivity index (χ4v) is 2.59. The average molecular weight is 250 g/mol. The standard InChI is InChI=1S/C14H19FN2O/c1-10-6-11(15)8-12(7-10)17-13(18)9-14(16)4-2-3-5-14/h6-8H,2-5,9,16H2,1H3,(H,17,18). The zero-order valence-electron chi connectivity index (χ0n) is 10.6. The lowest BCUT2D eigenvalue weighted by atomic mass is 9.94. The minimum Gasteiger partial charge on any atom is -0.326 e. The normalized spacial score (nSPS) is 17.7. The fraction of sp³-hybridized carbons (Fsp3) is 0.500. The number of anilines is 1. The van der Waals surface area contributed by atoms with E-state index in [1.54, 1.807) is 13.0 Å². The largest absolute Gasteiger partial charge is 0.326 e. The molecule has 0 saturated heterocycles. The summed E-state index contributed by atoms with van der Waals surface area (Å²) in [5.41, 5.74) is 7.05. The molecule has 0 spiro atoms. The Kier molecular flexibility index (Phi) is 3.66. The predicted octanol–water partition coefficient (Wildman–Crippen LogP) is 2.73. The van der Waals surface area contributed by atoms with Crippen molar-refractivity contribution in [3.8, 4) is 0 Å². The van der Waals surface area contributed by atoms with Crippen LogP contribution < -0.4 is 11.1 Å². The van der Waals surface area contributed by atoms with Crippen molar-refractivity contribution in [2.24, 2.45) is 5.73 Å². The summed E-state index contributed by atoms with van der Waals surface area (Å²) in [4.78, 5) is 11.9. The first-order chi connectivity index (χ1) is 8.47. The lowest BCUT2D eigenvalue weighted by Crippen LogP contribution is -2.40. The van der Waals surface area contributed by atoms with Gasteiger partial charge in [0.25, 0.3) is 0 Å². The molecular weight excluding hydrogens is 231 g/mol. The maximum atomic E-state index is 13.2. The van der Waals surface area contributed by atoms with Gasteiger partial charge in [0, 0.05) is 17.6 Å². The molecule has 1 aromatic rings. The predicted molar refractivity (Wildman–Crippen MR) is 69.8 cm³/mol. The summed E-state index contributed by atoms with van der Waals surface area (Å²) in [6.07, 6.45) is 4.26. The minimum atomic E-state index is -0.369. The van der Waals surface area contributed by atoms with Crippen LogP contribution in [0.1, 0.15) is 37.7 Å². The molecule has 3 N–H and O–H groups in total. The number of aryl methyl sites for hydroxylation is 1. The van der Waals surface area contributed by atoms with E-state index < -0.39 is 0 Å². The second kappa shape index (κ2) is 5.06. The molecule has 1 aliphatic carbocycles. The zero-order chi connectivity index (χ0) is 13.2. The van der Waals surface area contributed by atoms with E-state index in [-0.39, 0.29) is 17.3 Å². The summed E-state index contributed by atoms with van der Waals surface area (Å²) in [7, 11) is 0. The summed E-state index contributed by atoms with van der Waals surface area (Å²) in [5.74, 6) is -0.474. The first kappa shape index (κ1) is 13.0. The quantitative estimate of drug-likeness (QED) is 0.866. The van der Waals surface area contributed by atoms with Gasteiger partial charge < -0.3 is 11.1 Å². The van der Waals surface area contributed by atoms with Crippen LogP contribution in [0.5, 0.6) is 0 Å². The van der Waals surface area contributed by atoms with Crippen molar-refractivity contribution in [1.82, 2.24) is 0 Å². The highest BCUT2D eigenvalue weighted by molar-refractivity contribution is 5.91. The van der Waals surface area contributed by atoms with Gasteiger partial charge in [0.15, 0.2) is 0 Å². The van der Waals surface area contributed by atoms with E-state index in [0.29, 0.717) is 12.1 Å². The van der Waals surface area contributed by atoms with Gasteiger partial charge in [0.2, 0.25) is 5.91 Å². The Balaban J connectivity index is 1.98. The third kappa shape index (κ3) is 3.29. The van der Waals surface area contributed by atoms with Crippen LogP contribution in [0.2, 0.25) is 0 Å². The van der Waals surface area contributed by atoms with E-state index >= 15 is 0 Å². The summed E-state index contributed by atoms with van der Waals surface area (Å²) in [6.45, 7) is 1.79. The molecule has 0 aromatic heterocycles. The van der Waals surface area contributed by atoms with E-state index in [1.165, 1.54) is 12.1 Å². The van der Waals surface area contributed by atoms with Crippen LogP contribution in [0.25, 0.3) is 0 Å². The molecule has 1 saturated carbocycles. The van der Waals surface area contributed by atoms with Gasteiger partial charge in [-0.25, -0.2) is 4.39 Å². The van der Waals surface area contributed by atoms with Crippen LogP contribution in [0.15, 0.2) is 18.2 Å². The lowest BCUT2D eigenvalue weighted by molar-refractivity contribution is -0.117. The molecule has 3 nitrogen and oxygen atoms in total. The number of nitrogens with one attached hydrogen (secondary N) is 1. The SMILES string of the molecule is Cc1cc(F)cc(NC(=O)CC2(N)CCCC2)c1. The molecule has 1 amide bonds. The Morgan fingerprint density at radius 1 is 1.39 bits per heavy atom. The number of hydrogen-bond donors (Lipinski definition) is 2. The van der Waals surface area contributed by atoms with Gasteiger partial charge in [-0.15, -0.1) is 0 Å². The van der Waals surface area contributed by atoms with E-state index in [0.717, 1.165) is 31.2 Å². The molecule has 18 heavy (non-hydrogen) atoms. The smallest absolute Gasteiger partial charge is 0.226 e. The molecule has 0 atom stereocenters. The van der Waals surface area contributed by atoms with Gasteiger partial charge in [0.05, 0.1) is 0 Å². The first-order valence-corrected chi connectivity index (χ1v) is 6.33. The maximum Gasteiger partial charge on any atom is 0.226 e. The maximum absolute atomic E-state index is 13.2. The van der Waals surface area contributed by atoms with E-state index in [2.05, 4.69) is 5.32 Å². The van der Waals surface area contributed by atoms with E-state index in [9.17, 15) is 9.18 Å². The van der Waals surface area contributed by atoms with Gasteiger partial charge >= 0.3 is 0 Å². The van der Waals surface area contributed by atoms with Crippen molar-refractivity contribution in [2.45, 2.75) is 44.6 Å². The molecule has 0 heterocycles. The highest BCUT2D eigenvalue weighted by Crippen LogP contribution is 2.30. The monoisotopic (exact) mass is 250 g/mol. The third-order valence-corrected chi connectivity index (χ3v) is 3.44. The highest BCUT2D eigenvalue weighted by Gasteiger charge is 2.31. The summed E-state index contributed by atoms with van der Waals surface area (Å²) < 4.78 is 13.2. The fourth-order valence-electron chi connectivity index (χ4n) is 2.59. The second-order valence-corrected chi connectivity index (χ2v) is 5.31. The van der Waals surface area contributed by atoms with Crippen LogP contribution in [0, 0.1) is 12.7 Å². The second-order valence-electron chi connectivity index (χ2n) is 5.31. The van der Waals surface area contributed by atoms with Crippen LogP contribution in [-0.2, 0) is 4.79 Å². The van der Waals surface area contributed by atoms with E-state index in [4.69, 9.17) is 5.73 Å². The Hall–Kier alpha value is -1.42. The molecule has 4 heteroatoms. The highest BCUT2D eigenvalue weighted by atomic mass is 19.1. The third-order valence-electron chi connectivity index (χ3n) is 3.44. The van der Waals surface area contributed by atoms with Crippen LogP contribution in [0.3, 0.4) is 0 Å². The number of carbonyl (C=O) groups excluding carboxylic acids is 1. The Morgan fingerprint density at radius 3 is 2.67 bits per heavy atom. The Morgan fingerprint density at radius 2 is 2.06 bits per heavy atom. The molecule has 1 aromatic carbocycles. The molecule has 0 bridgehead atoms. The van der Waals surface area contributed by atoms with Crippen molar-refractivity contribution in [3.05, 3.63) is 29.6 Å². The van der Waals surface area contributed by atoms with Crippen molar-refractivity contribution in [1.29, 1.82) is 0 Å². The topological polar surface area (TPSA) is 55.1 Å². The lowest BCUT2D eigenvalue weighted by Gasteiger charge is -2.22. The van der Waals surface area contributed by atoms with Gasteiger partial charge in [-0.1, -0.05) is 12.8 Å². The van der Waals surface area contributed by atoms with Crippen molar-refractivity contribution in [3.63, 3.8) is 0 Å². The zero-order valence-corrected chi connectivity index (χ0v) is 10.6. The number of nitrogens with two attached hydrogens (primary N) is 1. The molecule has 0 radical (unpaired) electrons. The summed E-state index contributed by atoms with van der Waals surface area (Å²) in [6, 6.07) is 4.50. The van der Waals surface area contributed by atoms with E-state index in [1.807, 2.05) is 0 Å². The van der Waals surface area contributed by atoms with Gasteiger partial charge in [-0.3, -0.25) is 4.79 Å².